The molecule has 2 saturated heterocycles. The van der Waals surface area contributed by atoms with Crippen LogP contribution in [0.25, 0.3) is 0 Å². The fourth-order valence-corrected chi connectivity index (χ4v) is 8.26. The van der Waals surface area contributed by atoms with Crippen molar-refractivity contribution in [3.8, 4) is 0 Å². The van der Waals surface area contributed by atoms with Gasteiger partial charge in [0.2, 0.25) is 0 Å². The van der Waals surface area contributed by atoms with Crippen molar-refractivity contribution >= 4 is 23.9 Å². The van der Waals surface area contributed by atoms with E-state index in [1.54, 1.807) is 6.08 Å². The first-order valence-corrected chi connectivity index (χ1v) is 21.3. The van der Waals surface area contributed by atoms with E-state index in [2.05, 4.69) is 6.92 Å². The third-order valence-corrected chi connectivity index (χ3v) is 10.9. The summed E-state index contributed by atoms with van der Waals surface area (Å²) in [6, 6.07) is 0. The molecule has 0 saturated carbocycles. The van der Waals surface area contributed by atoms with Crippen LogP contribution in [0, 0.1) is 0 Å². The molecule has 0 amide bonds. The van der Waals surface area contributed by atoms with E-state index in [1.165, 1.54) is 85.0 Å². The highest BCUT2D eigenvalue weighted by Crippen LogP contribution is 2.36. The predicted octanol–water partition coefficient (Wildman–Crippen LogP) is 9.57. The second-order valence-electron chi connectivity index (χ2n) is 15.8. The topological polar surface area (TPSA) is 124 Å². The molecule has 3 heterocycles. The van der Waals surface area contributed by atoms with Crippen LogP contribution >= 0.6 is 0 Å². The van der Waals surface area contributed by atoms with Gasteiger partial charge in [0, 0.05) is 32.8 Å². The Balaban J connectivity index is 1.35. The Hall–Kier alpha value is -2.46. The zero-order valence-electron chi connectivity index (χ0n) is 33.7. The third kappa shape index (κ3) is 18.2. The fraction of sp³-hybridized carbons (Fsp3) is 0.860. The highest BCUT2D eigenvalue weighted by Gasteiger charge is 2.42. The molecule has 0 unspecified atom stereocenters. The molecular formula is C43H72O10. The van der Waals surface area contributed by atoms with Gasteiger partial charge in [-0.05, 0) is 77.2 Å². The maximum absolute atomic E-state index is 12.0. The summed E-state index contributed by atoms with van der Waals surface area (Å²) in [5.41, 5.74) is 0.570. The van der Waals surface area contributed by atoms with Crippen LogP contribution in [0.5, 0.6) is 0 Å². The lowest BCUT2D eigenvalue weighted by atomic mass is 9.99. The molecule has 0 bridgehead atoms. The number of hydrogen-bond acceptors (Lipinski definition) is 10. The van der Waals surface area contributed by atoms with Crippen LogP contribution in [0.3, 0.4) is 0 Å². The molecule has 304 valence electrons. The Morgan fingerprint density at radius 2 is 1.04 bits per heavy atom. The Labute approximate surface area is 320 Å². The minimum atomic E-state index is -0.356. The minimum Gasteiger partial charge on any atom is -0.462 e. The largest absolute Gasteiger partial charge is 0.462 e. The van der Waals surface area contributed by atoms with Crippen molar-refractivity contribution in [2.45, 2.75) is 238 Å². The lowest BCUT2D eigenvalue weighted by Gasteiger charge is -2.27. The minimum absolute atomic E-state index is 0.0572. The van der Waals surface area contributed by atoms with E-state index < -0.39 is 0 Å². The summed E-state index contributed by atoms with van der Waals surface area (Å²) >= 11 is 0. The van der Waals surface area contributed by atoms with Gasteiger partial charge in [-0.25, -0.2) is 4.79 Å². The first kappa shape index (κ1) is 44.9. The second kappa shape index (κ2) is 25.6. The zero-order chi connectivity index (χ0) is 38.4. The van der Waals surface area contributed by atoms with Crippen LogP contribution in [0.2, 0.25) is 0 Å². The summed E-state index contributed by atoms with van der Waals surface area (Å²) in [5.74, 6) is -1.25. The summed E-state index contributed by atoms with van der Waals surface area (Å²) in [4.78, 5) is 47.7. The van der Waals surface area contributed by atoms with E-state index in [4.69, 9.17) is 28.4 Å². The number of carbonyl (C=O) groups is 4. The van der Waals surface area contributed by atoms with E-state index in [1.807, 2.05) is 6.92 Å². The molecule has 0 aromatic carbocycles. The predicted molar refractivity (Wildman–Crippen MR) is 204 cm³/mol. The van der Waals surface area contributed by atoms with Gasteiger partial charge >= 0.3 is 23.9 Å². The first-order valence-electron chi connectivity index (χ1n) is 21.3. The van der Waals surface area contributed by atoms with E-state index in [9.17, 15) is 19.2 Å². The van der Waals surface area contributed by atoms with Gasteiger partial charge in [-0.15, -0.1) is 0 Å². The summed E-state index contributed by atoms with van der Waals surface area (Å²) in [7, 11) is 0. The summed E-state index contributed by atoms with van der Waals surface area (Å²) in [5, 5.41) is 0. The number of cyclic esters (lactones) is 1. The molecule has 10 heteroatoms. The number of esters is 4. The smallest absolute Gasteiger partial charge is 0.334 e. The highest BCUT2D eigenvalue weighted by atomic mass is 16.6. The van der Waals surface area contributed by atoms with Gasteiger partial charge in [0.1, 0.15) is 24.4 Å². The van der Waals surface area contributed by atoms with Gasteiger partial charge in [-0.1, -0.05) is 90.4 Å². The quantitative estimate of drug-likeness (QED) is 0.0434. The van der Waals surface area contributed by atoms with Gasteiger partial charge < -0.3 is 28.4 Å². The molecule has 3 aliphatic heterocycles. The van der Waals surface area contributed by atoms with Gasteiger partial charge in [0.05, 0.1) is 24.4 Å². The maximum atomic E-state index is 12.0. The SMILES string of the molecule is CCCCCCCCCCCCCC[C@@H](OC(C)=O)[C@H]1CC[C@H]([C@H]2CC[C@H]([C@@H](CCCCCC[C@H](CC3=C[C@H](C)OC3=O)OC(C)=O)OC(C)=O)O2)O1. The Morgan fingerprint density at radius 3 is 1.43 bits per heavy atom. The molecule has 0 spiro atoms. The molecule has 10 nitrogen and oxygen atoms in total. The Morgan fingerprint density at radius 1 is 0.623 bits per heavy atom. The molecule has 0 radical (unpaired) electrons. The molecule has 3 aliphatic rings. The van der Waals surface area contributed by atoms with E-state index in [-0.39, 0.29) is 72.7 Å². The maximum Gasteiger partial charge on any atom is 0.334 e. The number of unbranched alkanes of at least 4 members (excludes halogenated alkanes) is 14. The average Bonchev–Trinajstić information content (AvgIpc) is 3.85. The normalized spacial score (nSPS) is 24.4. The molecule has 0 aromatic rings. The average molecular weight is 749 g/mol. The van der Waals surface area contributed by atoms with Crippen molar-refractivity contribution in [1.82, 2.24) is 0 Å². The standard InChI is InChI=1S/C43H72O10/c1-6-7-8-9-10-11-12-13-14-15-16-20-23-37(50-33(4)45)39-25-27-41(52-39)42-28-26-40(53-42)38(51-34(5)46)24-21-18-17-19-22-36(49-32(3)44)30-35-29-31(2)48-43(35)47/h29,31,36-42H,6-28,30H2,1-5H3/t31-,36+,37+,38+,39+,40+,41+,42+/m0/s1. The monoisotopic (exact) mass is 749 g/mol. The lowest BCUT2D eigenvalue weighted by molar-refractivity contribution is -0.164. The Bertz CT molecular complexity index is 1120. The molecule has 53 heavy (non-hydrogen) atoms. The molecule has 3 rings (SSSR count). The van der Waals surface area contributed by atoms with Crippen molar-refractivity contribution in [3.63, 3.8) is 0 Å². The van der Waals surface area contributed by atoms with E-state index in [0.717, 1.165) is 70.6 Å². The summed E-state index contributed by atoms with van der Waals surface area (Å²) in [6.07, 6.45) is 25.3. The van der Waals surface area contributed by atoms with Crippen molar-refractivity contribution in [2.75, 3.05) is 0 Å². The lowest BCUT2D eigenvalue weighted by Crippen LogP contribution is -2.35. The van der Waals surface area contributed by atoms with Crippen LogP contribution in [0.15, 0.2) is 11.6 Å². The van der Waals surface area contributed by atoms with Gasteiger partial charge in [-0.2, -0.15) is 0 Å². The first-order chi connectivity index (χ1) is 25.5. The summed E-state index contributed by atoms with van der Waals surface area (Å²) in [6.45, 7) is 8.39. The molecule has 0 N–H and O–H groups in total. The van der Waals surface area contributed by atoms with Gasteiger partial charge in [-0.3, -0.25) is 14.4 Å². The molecule has 2 fully saturated rings. The van der Waals surface area contributed by atoms with Gasteiger partial charge in [0.15, 0.2) is 0 Å². The molecular weight excluding hydrogens is 676 g/mol. The molecule has 0 aliphatic carbocycles. The number of rotatable bonds is 28. The number of ether oxygens (including phenoxy) is 6. The van der Waals surface area contributed by atoms with Crippen LogP contribution in [0.1, 0.15) is 189 Å². The number of hydrogen-bond donors (Lipinski definition) is 0. The van der Waals surface area contributed by atoms with Crippen molar-refractivity contribution in [2.24, 2.45) is 0 Å². The van der Waals surface area contributed by atoms with Gasteiger partial charge in [0.25, 0.3) is 0 Å². The third-order valence-electron chi connectivity index (χ3n) is 10.9. The highest BCUT2D eigenvalue weighted by molar-refractivity contribution is 5.90. The van der Waals surface area contributed by atoms with Crippen LogP contribution in [-0.4, -0.2) is 72.7 Å². The second-order valence-corrected chi connectivity index (χ2v) is 15.8. The molecule has 8 atom stereocenters. The van der Waals surface area contributed by atoms with Crippen LogP contribution in [0.4, 0.5) is 0 Å². The van der Waals surface area contributed by atoms with E-state index in [0.29, 0.717) is 24.8 Å². The van der Waals surface area contributed by atoms with Crippen LogP contribution in [-0.2, 0) is 47.6 Å². The van der Waals surface area contributed by atoms with Crippen molar-refractivity contribution < 1.29 is 47.6 Å². The number of carbonyl (C=O) groups excluding carboxylic acids is 4. The van der Waals surface area contributed by atoms with E-state index >= 15 is 0 Å². The van der Waals surface area contributed by atoms with Crippen molar-refractivity contribution in [3.05, 3.63) is 11.6 Å². The van der Waals surface area contributed by atoms with Crippen LogP contribution < -0.4 is 0 Å². The molecule has 0 aromatic heterocycles. The Kier molecular flexibility index (Phi) is 21.7. The van der Waals surface area contributed by atoms with Crippen molar-refractivity contribution in [1.29, 1.82) is 0 Å². The summed E-state index contributed by atoms with van der Waals surface area (Å²) < 4.78 is 35.3. The zero-order valence-corrected chi connectivity index (χ0v) is 33.7. The fourth-order valence-electron chi connectivity index (χ4n) is 8.26.